The van der Waals surface area contributed by atoms with Crippen LogP contribution in [-0.4, -0.2) is 21.2 Å². The Balaban J connectivity index is 2.24. The molecule has 0 spiro atoms. The first kappa shape index (κ1) is 12.6. The molecule has 19 heavy (non-hydrogen) atoms. The molecule has 0 saturated heterocycles. The molecule has 0 saturated carbocycles. The summed E-state index contributed by atoms with van der Waals surface area (Å²) in [5, 5.41) is 23.1. The van der Waals surface area contributed by atoms with Crippen molar-refractivity contribution in [1.82, 2.24) is 5.16 Å². The Labute approximate surface area is 106 Å². The van der Waals surface area contributed by atoms with Gasteiger partial charge in [-0.05, 0) is 12.1 Å². The fourth-order valence-corrected chi connectivity index (χ4v) is 1.38. The van der Waals surface area contributed by atoms with Crippen LogP contribution in [0.25, 0.3) is 0 Å². The number of ether oxygens (including phenoxy) is 1. The molecule has 1 N–H and O–H groups in total. The minimum atomic E-state index is -1.25. The molecule has 1 aromatic heterocycles. The van der Waals surface area contributed by atoms with Crippen LogP contribution in [-0.2, 0) is 6.61 Å². The predicted molar refractivity (Wildman–Crippen MR) is 60.9 cm³/mol. The summed E-state index contributed by atoms with van der Waals surface area (Å²) >= 11 is 0. The highest BCUT2D eigenvalue weighted by Crippen LogP contribution is 2.28. The molecule has 98 valence electrons. The number of hydrogen-bond donors (Lipinski definition) is 1. The predicted octanol–water partition coefficient (Wildman–Crippen LogP) is 1.86. The van der Waals surface area contributed by atoms with E-state index in [-0.39, 0.29) is 17.9 Å². The topological polar surface area (TPSA) is 116 Å². The normalized spacial score (nSPS) is 10.1. The smallest absolute Gasteiger partial charge is 0.335 e. The van der Waals surface area contributed by atoms with E-state index in [1.807, 2.05) is 0 Å². The first-order valence-electron chi connectivity index (χ1n) is 5.12. The number of carboxylic acid groups (broad SMARTS) is 1. The van der Waals surface area contributed by atoms with E-state index in [1.54, 1.807) is 6.07 Å². The van der Waals surface area contributed by atoms with E-state index in [0.29, 0.717) is 5.76 Å². The van der Waals surface area contributed by atoms with Crippen LogP contribution in [0.15, 0.2) is 35.0 Å². The van der Waals surface area contributed by atoms with Gasteiger partial charge in [0, 0.05) is 12.1 Å². The van der Waals surface area contributed by atoms with Gasteiger partial charge in [0.2, 0.25) is 0 Å². The van der Waals surface area contributed by atoms with Crippen molar-refractivity contribution in [2.75, 3.05) is 0 Å². The molecule has 0 unspecified atom stereocenters. The molecular formula is C11H8N2O6. The van der Waals surface area contributed by atoms with Gasteiger partial charge in [-0.1, -0.05) is 5.16 Å². The highest BCUT2D eigenvalue weighted by molar-refractivity contribution is 5.88. The fraction of sp³-hybridized carbons (Fsp3) is 0.0909. The Morgan fingerprint density at radius 1 is 1.47 bits per heavy atom. The van der Waals surface area contributed by atoms with Gasteiger partial charge < -0.3 is 14.4 Å². The summed E-state index contributed by atoms with van der Waals surface area (Å²) in [6.07, 6.45) is 1.42. The van der Waals surface area contributed by atoms with Gasteiger partial charge in [-0.25, -0.2) is 4.79 Å². The maximum atomic E-state index is 10.9. The van der Waals surface area contributed by atoms with Crippen molar-refractivity contribution in [3.8, 4) is 5.75 Å². The number of benzene rings is 1. The SMILES string of the molecule is O=C(O)c1ccc(OCc2ccno2)c([N+](=O)[O-])c1. The zero-order valence-corrected chi connectivity index (χ0v) is 9.48. The van der Waals surface area contributed by atoms with Gasteiger partial charge in [0.15, 0.2) is 11.5 Å². The van der Waals surface area contributed by atoms with Crippen molar-refractivity contribution in [2.45, 2.75) is 6.61 Å². The van der Waals surface area contributed by atoms with Crippen molar-refractivity contribution in [2.24, 2.45) is 0 Å². The van der Waals surface area contributed by atoms with E-state index in [4.69, 9.17) is 14.4 Å². The molecular weight excluding hydrogens is 256 g/mol. The third-order valence-corrected chi connectivity index (χ3v) is 2.26. The summed E-state index contributed by atoms with van der Waals surface area (Å²) in [6, 6.07) is 4.96. The molecule has 0 aliphatic rings. The summed E-state index contributed by atoms with van der Waals surface area (Å²) in [4.78, 5) is 20.9. The highest BCUT2D eigenvalue weighted by Gasteiger charge is 2.18. The second-order valence-electron chi connectivity index (χ2n) is 3.51. The van der Waals surface area contributed by atoms with Crippen LogP contribution in [0.3, 0.4) is 0 Å². The Morgan fingerprint density at radius 2 is 2.26 bits per heavy atom. The lowest BCUT2D eigenvalue weighted by Crippen LogP contribution is -2.02. The van der Waals surface area contributed by atoms with Gasteiger partial charge in [0.1, 0.15) is 6.61 Å². The van der Waals surface area contributed by atoms with Gasteiger partial charge in [0.05, 0.1) is 16.7 Å². The molecule has 1 aromatic carbocycles. The molecule has 8 nitrogen and oxygen atoms in total. The van der Waals surface area contributed by atoms with Crippen molar-refractivity contribution in [3.63, 3.8) is 0 Å². The molecule has 0 amide bonds. The van der Waals surface area contributed by atoms with Gasteiger partial charge in [-0.2, -0.15) is 0 Å². The monoisotopic (exact) mass is 264 g/mol. The number of nitrogens with zero attached hydrogens (tertiary/aromatic N) is 2. The second kappa shape index (κ2) is 5.17. The number of carbonyl (C=O) groups is 1. The summed E-state index contributed by atoms with van der Waals surface area (Å²) in [5.41, 5.74) is -0.599. The van der Waals surface area contributed by atoms with Crippen LogP contribution in [0.4, 0.5) is 5.69 Å². The Hall–Kier alpha value is -2.90. The first-order chi connectivity index (χ1) is 9.08. The Morgan fingerprint density at radius 3 is 2.84 bits per heavy atom. The third-order valence-electron chi connectivity index (χ3n) is 2.26. The molecule has 1 heterocycles. The second-order valence-corrected chi connectivity index (χ2v) is 3.51. The molecule has 0 aliphatic carbocycles. The van der Waals surface area contributed by atoms with Gasteiger partial charge in [-0.3, -0.25) is 10.1 Å². The van der Waals surface area contributed by atoms with Gasteiger partial charge in [0.25, 0.3) is 0 Å². The molecule has 0 fully saturated rings. The lowest BCUT2D eigenvalue weighted by atomic mass is 10.2. The van der Waals surface area contributed by atoms with Crippen molar-refractivity contribution < 1.29 is 24.1 Å². The maximum Gasteiger partial charge on any atom is 0.335 e. The molecule has 2 aromatic rings. The van der Waals surface area contributed by atoms with E-state index in [0.717, 1.165) is 6.07 Å². The molecule has 0 bridgehead atoms. The van der Waals surface area contributed by atoms with Crippen molar-refractivity contribution in [3.05, 3.63) is 51.9 Å². The zero-order valence-electron chi connectivity index (χ0n) is 9.48. The third kappa shape index (κ3) is 2.86. The first-order valence-corrected chi connectivity index (χ1v) is 5.12. The van der Waals surface area contributed by atoms with Crippen molar-refractivity contribution in [1.29, 1.82) is 0 Å². The van der Waals surface area contributed by atoms with E-state index < -0.39 is 16.6 Å². The number of rotatable bonds is 5. The Kier molecular flexibility index (Phi) is 3.42. The van der Waals surface area contributed by atoms with Gasteiger partial charge in [-0.15, -0.1) is 0 Å². The lowest BCUT2D eigenvalue weighted by molar-refractivity contribution is -0.386. The highest BCUT2D eigenvalue weighted by atomic mass is 16.6. The number of aromatic nitrogens is 1. The van der Waals surface area contributed by atoms with Crippen LogP contribution in [0.2, 0.25) is 0 Å². The quantitative estimate of drug-likeness (QED) is 0.647. The number of aromatic carboxylic acids is 1. The zero-order chi connectivity index (χ0) is 13.8. The molecule has 8 heteroatoms. The summed E-state index contributed by atoms with van der Waals surface area (Å²) in [7, 11) is 0. The van der Waals surface area contributed by atoms with E-state index in [9.17, 15) is 14.9 Å². The van der Waals surface area contributed by atoms with Crippen LogP contribution in [0.1, 0.15) is 16.1 Å². The maximum absolute atomic E-state index is 10.9. The van der Waals surface area contributed by atoms with Crippen LogP contribution in [0.5, 0.6) is 5.75 Å². The average Bonchev–Trinajstić information content (AvgIpc) is 2.89. The van der Waals surface area contributed by atoms with Crippen LogP contribution < -0.4 is 4.74 Å². The minimum Gasteiger partial charge on any atom is -0.479 e. The van der Waals surface area contributed by atoms with Crippen LogP contribution >= 0.6 is 0 Å². The summed E-state index contributed by atoms with van der Waals surface area (Å²) in [5.74, 6) is -0.882. The molecule has 0 aliphatic heterocycles. The van der Waals surface area contributed by atoms with Gasteiger partial charge >= 0.3 is 11.7 Å². The summed E-state index contributed by atoms with van der Waals surface area (Å²) in [6.45, 7) is -0.0345. The number of carboxylic acids is 1. The number of nitro benzene ring substituents is 1. The van der Waals surface area contributed by atoms with E-state index >= 15 is 0 Å². The fourth-order valence-electron chi connectivity index (χ4n) is 1.38. The average molecular weight is 264 g/mol. The molecule has 2 rings (SSSR count). The minimum absolute atomic E-state index is 0.0345. The lowest BCUT2D eigenvalue weighted by Gasteiger charge is -2.05. The standard InChI is InChI=1S/C11H8N2O6/c14-11(15)7-1-2-10(9(5-7)13(16)17)18-6-8-3-4-12-19-8/h1-5H,6H2,(H,14,15). The number of nitro groups is 1. The summed E-state index contributed by atoms with van der Waals surface area (Å²) < 4.78 is 9.99. The number of hydrogen-bond acceptors (Lipinski definition) is 6. The molecule has 0 atom stereocenters. The van der Waals surface area contributed by atoms with Crippen molar-refractivity contribution >= 4 is 11.7 Å². The van der Waals surface area contributed by atoms with Crippen LogP contribution in [0, 0.1) is 10.1 Å². The van der Waals surface area contributed by atoms with E-state index in [1.165, 1.54) is 18.3 Å². The Bertz CT molecular complexity index is 608. The largest absolute Gasteiger partial charge is 0.479 e. The molecule has 0 radical (unpaired) electrons. The van der Waals surface area contributed by atoms with E-state index in [2.05, 4.69) is 5.16 Å².